The van der Waals surface area contributed by atoms with Crippen molar-refractivity contribution in [3.8, 4) is 5.75 Å². The van der Waals surface area contributed by atoms with E-state index in [0.717, 1.165) is 25.3 Å². The van der Waals surface area contributed by atoms with E-state index in [9.17, 15) is 8.42 Å². The molecule has 0 saturated carbocycles. The fraction of sp³-hybridized carbons (Fsp3) is 0.600. The average Bonchev–Trinajstić information content (AvgIpc) is 2.42. The van der Waals surface area contributed by atoms with Gasteiger partial charge in [-0.3, -0.25) is 4.90 Å². The van der Waals surface area contributed by atoms with Crippen molar-refractivity contribution in [2.24, 2.45) is 0 Å². The molecule has 118 valence electrons. The van der Waals surface area contributed by atoms with Crippen LogP contribution in [0.3, 0.4) is 0 Å². The van der Waals surface area contributed by atoms with Gasteiger partial charge in [-0.2, -0.15) is 0 Å². The maximum atomic E-state index is 11.7. The number of ether oxygens (including phenoxy) is 1. The molecule has 21 heavy (non-hydrogen) atoms. The molecule has 0 N–H and O–H groups in total. The summed E-state index contributed by atoms with van der Waals surface area (Å²) in [6.45, 7) is 1.85. The summed E-state index contributed by atoms with van der Waals surface area (Å²) in [6, 6.07) is 8.50. The lowest BCUT2D eigenvalue weighted by atomic mass is 9.94. The number of hydrogen-bond donors (Lipinski definition) is 0. The Kier molecular flexibility index (Phi) is 5.24. The van der Waals surface area contributed by atoms with E-state index in [0.29, 0.717) is 12.5 Å². The second-order valence-electron chi connectivity index (χ2n) is 5.57. The maximum absolute atomic E-state index is 11.7. The van der Waals surface area contributed by atoms with Gasteiger partial charge in [0.05, 0.1) is 12.9 Å². The second kappa shape index (κ2) is 6.77. The first-order chi connectivity index (χ1) is 9.94. The molecule has 6 heteroatoms. The zero-order chi connectivity index (χ0) is 15.5. The fourth-order valence-electron chi connectivity index (χ4n) is 2.57. The fourth-order valence-corrected chi connectivity index (χ4v) is 3.43. The minimum atomic E-state index is -3.08. The van der Waals surface area contributed by atoms with Crippen LogP contribution in [0.25, 0.3) is 0 Å². The third-order valence-corrected chi connectivity index (χ3v) is 5.93. The SMILES string of the molecule is COc1cccc(C2CCN2CCCS(=O)(=O)N(C)C)c1. The smallest absolute Gasteiger partial charge is 0.213 e. The van der Waals surface area contributed by atoms with E-state index >= 15 is 0 Å². The van der Waals surface area contributed by atoms with Crippen molar-refractivity contribution in [3.63, 3.8) is 0 Å². The minimum Gasteiger partial charge on any atom is -0.497 e. The average molecular weight is 312 g/mol. The van der Waals surface area contributed by atoms with Crippen LogP contribution in [0.4, 0.5) is 0 Å². The Bertz CT molecular complexity index is 572. The summed E-state index contributed by atoms with van der Waals surface area (Å²) in [7, 11) is 1.75. The number of likely N-dealkylation sites (tertiary alicyclic amines) is 1. The molecular formula is C15H24N2O3S. The zero-order valence-corrected chi connectivity index (χ0v) is 13.8. The first kappa shape index (κ1) is 16.3. The largest absolute Gasteiger partial charge is 0.497 e. The quantitative estimate of drug-likeness (QED) is 0.769. The molecule has 1 aliphatic heterocycles. The van der Waals surface area contributed by atoms with Gasteiger partial charge in [0.1, 0.15) is 5.75 Å². The van der Waals surface area contributed by atoms with Crippen LogP contribution in [0, 0.1) is 0 Å². The van der Waals surface area contributed by atoms with E-state index in [1.807, 2.05) is 12.1 Å². The normalized spacial score (nSPS) is 19.5. The van der Waals surface area contributed by atoms with E-state index < -0.39 is 10.0 Å². The summed E-state index contributed by atoms with van der Waals surface area (Å²) >= 11 is 0. The number of nitrogens with zero attached hydrogens (tertiary/aromatic N) is 2. The predicted molar refractivity (Wildman–Crippen MR) is 84.0 cm³/mol. The van der Waals surface area contributed by atoms with Crippen LogP contribution in [-0.4, -0.2) is 57.7 Å². The van der Waals surface area contributed by atoms with Crippen molar-refractivity contribution < 1.29 is 13.2 Å². The molecule has 0 aliphatic carbocycles. The van der Waals surface area contributed by atoms with Gasteiger partial charge < -0.3 is 4.74 Å². The van der Waals surface area contributed by atoms with Crippen LogP contribution in [0.2, 0.25) is 0 Å². The highest BCUT2D eigenvalue weighted by Gasteiger charge is 2.29. The number of benzene rings is 1. The van der Waals surface area contributed by atoms with Crippen LogP contribution in [0.1, 0.15) is 24.4 Å². The van der Waals surface area contributed by atoms with Crippen molar-refractivity contribution in [1.29, 1.82) is 0 Å². The Morgan fingerprint density at radius 2 is 2.14 bits per heavy atom. The first-order valence-corrected chi connectivity index (χ1v) is 8.83. The van der Waals surface area contributed by atoms with E-state index in [2.05, 4.69) is 17.0 Å². The highest BCUT2D eigenvalue weighted by molar-refractivity contribution is 7.89. The molecule has 1 unspecified atom stereocenters. The topological polar surface area (TPSA) is 49.9 Å². The summed E-state index contributed by atoms with van der Waals surface area (Å²) in [6.07, 6.45) is 1.79. The van der Waals surface area contributed by atoms with E-state index in [-0.39, 0.29) is 5.75 Å². The molecule has 1 atom stereocenters. The van der Waals surface area contributed by atoms with Gasteiger partial charge in [-0.1, -0.05) is 12.1 Å². The Morgan fingerprint density at radius 1 is 1.38 bits per heavy atom. The molecule has 1 aromatic rings. The van der Waals surface area contributed by atoms with Gasteiger partial charge in [0.15, 0.2) is 0 Å². The van der Waals surface area contributed by atoms with Gasteiger partial charge in [0, 0.05) is 26.7 Å². The lowest BCUT2D eigenvalue weighted by Crippen LogP contribution is -2.42. The lowest BCUT2D eigenvalue weighted by molar-refractivity contribution is 0.0911. The van der Waals surface area contributed by atoms with E-state index in [1.165, 1.54) is 9.87 Å². The minimum absolute atomic E-state index is 0.210. The molecule has 0 aromatic heterocycles. The summed E-state index contributed by atoms with van der Waals surface area (Å²) in [4.78, 5) is 2.33. The van der Waals surface area contributed by atoms with Gasteiger partial charge in [-0.15, -0.1) is 0 Å². The molecule has 1 aliphatic rings. The zero-order valence-electron chi connectivity index (χ0n) is 12.9. The number of methoxy groups -OCH3 is 1. The molecule has 0 amide bonds. The molecule has 1 fully saturated rings. The second-order valence-corrected chi connectivity index (χ2v) is 7.87. The van der Waals surface area contributed by atoms with Crippen LogP contribution >= 0.6 is 0 Å². The first-order valence-electron chi connectivity index (χ1n) is 7.22. The molecule has 0 bridgehead atoms. The van der Waals surface area contributed by atoms with Crippen LogP contribution in [0.15, 0.2) is 24.3 Å². The maximum Gasteiger partial charge on any atom is 0.213 e. The Balaban J connectivity index is 1.88. The molecule has 1 heterocycles. The highest BCUT2D eigenvalue weighted by Crippen LogP contribution is 2.34. The molecule has 5 nitrogen and oxygen atoms in total. The monoisotopic (exact) mass is 312 g/mol. The summed E-state index contributed by atoms with van der Waals surface area (Å²) in [5.74, 6) is 1.08. The van der Waals surface area contributed by atoms with Crippen LogP contribution in [-0.2, 0) is 10.0 Å². The summed E-state index contributed by atoms with van der Waals surface area (Å²) < 4.78 is 30.0. The van der Waals surface area contributed by atoms with Gasteiger partial charge in [-0.05, 0) is 37.1 Å². The Morgan fingerprint density at radius 3 is 2.71 bits per heavy atom. The van der Waals surface area contributed by atoms with Crippen molar-refractivity contribution in [1.82, 2.24) is 9.21 Å². The van der Waals surface area contributed by atoms with Gasteiger partial charge in [0.2, 0.25) is 10.0 Å². The summed E-state index contributed by atoms with van der Waals surface area (Å²) in [5, 5.41) is 0. The third kappa shape index (κ3) is 3.96. The van der Waals surface area contributed by atoms with Crippen molar-refractivity contribution in [2.45, 2.75) is 18.9 Å². The molecular weight excluding hydrogens is 288 g/mol. The van der Waals surface area contributed by atoms with Gasteiger partial charge >= 0.3 is 0 Å². The molecule has 0 radical (unpaired) electrons. The molecule has 2 rings (SSSR count). The van der Waals surface area contributed by atoms with Crippen LogP contribution < -0.4 is 4.74 Å². The third-order valence-electron chi connectivity index (χ3n) is 4.01. The number of rotatable bonds is 7. The number of hydrogen-bond acceptors (Lipinski definition) is 4. The van der Waals surface area contributed by atoms with Crippen molar-refractivity contribution in [3.05, 3.63) is 29.8 Å². The van der Waals surface area contributed by atoms with Crippen molar-refractivity contribution >= 4 is 10.0 Å². The molecule has 1 aromatic carbocycles. The predicted octanol–water partition coefficient (Wildman–Crippen LogP) is 1.72. The lowest BCUT2D eigenvalue weighted by Gasteiger charge is -2.41. The Labute approximate surface area is 127 Å². The Hall–Kier alpha value is -1.11. The van der Waals surface area contributed by atoms with E-state index in [4.69, 9.17) is 4.74 Å². The van der Waals surface area contributed by atoms with E-state index in [1.54, 1.807) is 21.2 Å². The standard InChI is InChI=1S/C15H24N2O3S/c1-16(2)21(18,19)11-5-9-17-10-8-15(17)13-6-4-7-14(12-13)20-3/h4,6-7,12,15H,5,8-11H2,1-3H3. The molecule has 1 saturated heterocycles. The van der Waals surface area contributed by atoms with Gasteiger partial charge in [0.25, 0.3) is 0 Å². The molecule has 0 spiro atoms. The van der Waals surface area contributed by atoms with Gasteiger partial charge in [-0.25, -0.2) is 12.7 Å². The van der Waals surface area contributed by atoms with Crippen molar-refractivity contribution in [2.75, 3.05) is 40.0 Å². The van der Waals surface area contributed by atoms with Crippen LogP contribution in [0.5, 0.6) is 5.75 Å². The number of sulfonamides is 1. The highest BCUT2D eigenvalue weighted by atomic mass is 32.2. The summed E-state index contributed by atoms with van der Waals surface area (Å²) in [5.41, 5.74) is 1.25.